The van der Waals surface area contributed by atoms with Crippen LogP contribution in [0.15, 0.2) is 18.2 Å². The fraction of sp³-hybridized carbons (Fsp3) is 0.705. The molecule has 8 atom stereocenters. The third-order valence-corrected chi connectivity index (χ3v) is 13.8. The number of hydrogen-bond acceptors (Lipinski definition) is 7. The first-order chi connectivity index (χ1) is 31.2. The molecule has 2 saturated carbocycles. The van der Waals surface area contributed by atoms with E-state index in [2.05, 4.69) is 16.0 Å². The number of likely N-dealkylation sites (N-methyl/N-ethyl adjacent to an activating group) is 2. The molecule has 6 rings (SSSR count). The Labute approximate surface area is 387 Å². The third-order valence-electron chi connectivity index (χ3n) is 13.5. The molecule has 3 saturated heterocycles. The zero-order valence-corrected chi connectivity index (χ0v) is 38.2. The first-order valence-electron chi connectivity index (χ1n) is 22.4. The number of hydrogen-bond donors (Lipinski definition) is 3. The number of nitrogens with one attached hydrogen (secondary N) is 3. The summed E-state index contributed by atoms with van der Waals surface area (Å²) in [5, 5.41) is 7.97. The summed E-state index contributed by atoms with van der Waals surface area (Å²) in [7, 11) is 2.50. The molecule has 23 heteroatoms. The van der Waals surface area contributed by atoms with Crippen LogP contribution in [0.25, 0.3) is 0 Å². The number of rotatable bonds is 10. The van der Waals surface area contributed by atoms with E-state index in [0.717, 1.165) is 20.8 Å². The highest BCUT2D eigenvalue weighted by Crippen LogP contribution is 2.61. The van der Waals surface area contributed by atoms with Crippen molar-refractivity contribution in [3.05, 3.63) is 34.6 Å². The van der Waals surface area contributed by atoms with Crippen LogP contribution in [0.2, 0.25) is 5.02 Å². The van der Waals surface area contributed by atoms with Crippen LogP contribution in [0, 0.1) is 23.1 Å². The molecule has 0 spiro atoms. The Balaban J connectivity index is 1.27. The first kappa shape index (κ1) is 51.6. The highest BCUT2D eigenvalue weighted by molar-refractivity contribution is 6.30. The minimum Gasteiger partial charge on any atom is -0.354 e. The number of fused-ring (bicyclic) bond motifs is 1. The predicted molar refractivity (Wildman–Crippen MR) is 224 cm³/mol. The SMILES string of the molecule is CC(C)C[C@@H]1NC(=O)[C@@H](N(C)C(=O)[C@@H](NC(=O)[C@@H]2C[C@@H](F)CN2C(=O)C2(C(F)(F)F)CC(F)(F)C2)C2CC2)CCCCNC(=O)[C@H]2C[C@@H](F)CN2C(=O)[C@H](Cc2cc(Cl)ccc2F)N(C)C1=O. The number of benzene rings is 1. The number of carbonyl (C=O) groups is 7. The van der Waals surface area contributed by atoms with Crippen molar-refractivity contribution in [3.8, 4) is 0 Å². The monoisotopic (exact) mass is 981 g/mol. The molecule has 0 bridgehead atoms. The van der Waals surface area contributed by atoms with Gasteiger partial charge in [-0.3, -0.25) is 33.6 Å². The van der Waals surface area contributed by atoms with E-state index in [1.54, 1.807) is 13.8 Å². The van der Waals surface area contributed by atoms with Crippen LogP contribution in [0.1, 0.15) is 83.6 Å². The third kappa shape index (κ3) is 11.2. The van der Waals surface area contributed by atoms with Crippen LogP contribution in [-0.2, 0) is 40.0 Å². The van der Waals surface area contributed by atoms with Gasteiger partial charge in [-0.25, -0.2) is 22.0 Å². The predicted octanol–water partition coefficient (Wildman–Crippen LogP) is 4.26. The van der Waals surface area contributed by atoms with Crippen LogP contribution < -0.4 is 16.0 Å². The van der Waals surface area contributed by atoms with Crippen molar-refractivity contribution >= 4 is 53.0 Å². The molecule has 67 heavy (non-hydrogen) atoms. The summed E-state index contributed by atoms with van der Waals surface area (Å²) in [6.45, 7) is 2.05. The molecule has 14 nitrogen and oxygen atoms in total. The van der Waals surface area contributed by atoms with Gasteiger partial charge in [0.15, 0.2) is 5.41 Å². The Morgan fingerprint density at radius 2 is 1.61 bits per heavy atom. The summed E-state index contributed by atoms with van der Waals surface area (Å²) in [6, 6.07) is -5.24. The van der Waals surface area contributed by atoms with Gasteiger partial charge in [-0.1, -0.05) is 25.4 Å². The molecule has 5 fully saturated rings. The van der Waals surface area contributed by atoms with Crippen molar-refractivity contribution in [1.82, 2.24) is 35.6 Å². The largest absolute Gasteiger partial charge is 0.403 e. The van der Waals surface area contributed by atoms with E-state index in [9.17, 15) is 59.9 Å². The number of nitrogens with zero attached hydrogens (tertiary/aromatic N) is 4. The minimum atomic E-state index is -5.44. The summed E-state index contributed by atoms with van der Waals surface area (Å²) in [5.41, 5.74) is -3.60. The minimum absolute atomic E-state index is 0.00672. The lowest BCUT2D eigenvalue weighted by Crippen LogP contribution is -2.65. The van der Waals surface area contributed by atoms with Crippen molar-refractivity contribution < 1.29 is 68.7 Å². The molecular weight excluding hydrogens is 926 g/mol. The smallest absolute Gasteiger partial charge is 0.354 e. The van der Waals surface area contributed by atoms with E-state index in [1.165, 1.54) is 26.2 Å². The van der Waals surface area contributed by atoms with Gasteiger partial charge in [0, 0.05) is 57.8 Å². The lowest BCUT2D eigenvalue weighted by Gasteiger charge is -2.48. The molecule has 3 aliphatic heterocycles. The Morgan fingerprint density at radius 3 is 2.22 bits per heavy atom. The Morgan fingerprint density at radius 1 is 0.955 bits per heavy atom. The fourth-order valence-electron chi connectivity index (χ4n) is 9.69. The zero-order valence-electron chi connectivity index (χ0n) is 37.5. The van der Waals surface area contributed by atoms with E-state index in [1.807, 2.05) is 0 Å². The Bertz CT molecular complexity index is 2090. The summed E-state index contributed by atoms with van der Waals surface area (Å²) in [6.07, 6.45) is -13.3. The van der Waals surface area contributed by atoms with Gasteiger partial charge in [-0.2, -0.15) is 13.2 Å². The number of alkyl halides is 7. The Hall–Kier alpha value is -4.76. The van der Waals surface area contributed by atoms with E-state index < -0.39 is 158 Å². The molecule has 0 aromatic heterocycles. The maximum atomic E-state index is 15.2. The highest BCUT2D eigenvalue weighted by atomic mass is 35.5. The molecule has 3 heterocycles. The van der Waals surface area contributed by atoms with Crippen LogP contribution in [0.3, 0.4) is 0 Å². The highest BCUT2D eigenvalue weighted by Gasteiger charge is 2.75. The van der Waals surface area contributed by atoms with Gasteiger partial charge in [0.05, 0.1) is 13.1 Å². The molecule has 3 N–H and O–H groups in total. The van der Waals surface area contributed by atoms with Gasteiger partial charge in [0.2, 0.25) is 41.4 Å². The topological polar surface area (TPSA) is 169 Å². The summed E-state index contributed by atoms with van der Waals surface area (Å²) < 4.78 is 115. The zero-order chi connectivity index (χ0) is 49.5. The maximum Gasteiger partial charge on any atom is 0.403 e. The first-order valence-corrected chi connectivity index (χ1v) is 22.8. The number of amides is 7. The van der Waals surface area contributed by atoms with E-state index in [0.29, 0.717) is 17.7 Å². The maximum absolute atomic E-state index is 15.2. The molecule has 1 aromatic rings. The van der Waals surface area contributed by atoms with Gasteiger partial charge >= 0.3 is 6.18 Å². The van der Waals surface area contributed by atoms with Gasteiger partial charge in [-0.05, 0) is 74.1 Å². The number of halogens is 9. The van der Waals surface area contributed by atoms with E-state index >= 15 is 8.78 Å². The second-order valence-corrected chi connectivity index (χ2v) is 19.5. The average molecular weight is 982 g/mol. The van der Waals surface area contributed by atoms with Crippen LogP contribution in [-0.4, -0.2) is 155 Å². The van der Waals surface area contributed by atoms with E-state index in [-0.39, 0.29) is 55.2 Å². The molecule has 0 radical (unpaired) electrons. The lowest BCUT2D eigenvalue weighted by atomic mass is 9.64. The van der Waals surface area contributed by atoms with Crippen molar-refractivity contribution in [2.45, 2.75) is 145 Å². The van der Waals surface area contributed by atoms with Crippen LogP contribution in [0.4, 0.5) is 35.1 Å². The summed E-state index contributed by atoms with van der Waals surface area (Å²) in [5.74, 6) is -12.5. The molecule has 2 aliphatic carbocycles. The van der Waals surface area contributed by atoms with Crippen molar-refractivity contribution in [2.75, 3.05) is 33.7 Å². The van der Waals surface area contributed by atoms with Crippen LogP contribution >= 0.6 is 11.6 Å². The van der Waals surface area contributed by atoms with Crippen molar-refractivity contribution in [1.29, 1.82) is 0 Å². The number of carbonyl (C=O) groups excluding carboxylic acids is 7. The summed E-state index contributed by atoms with van der Waals surface area (Å²) in [4.78, 5) is 102. The van der Waals surface area contributed by atoms with Crippen molar-refractivity contribution in [2.24, 2.45) is 17.3 Å². The van der Waals surface area contributed by atoms with Crippen molar-refractivity contribution in [3.63, 3.8) is 0 Å². The van der Waals surface area contributed by atoms with Gasteiger partial charge < -0.3 is 35.6 Å². The van der Waals surface area contributed by atoms with Gasteiger partial charge in [0.1, 0.15) is 54.4 Å². The normalized spacial score (nSPS) is 28.9. The lowest BCUT2D eigenvalue weighted by molar-refractivity contribution is -0.299. The summed E-state index contributed by atoms with van der Waals surface area (Å²) >= 11 is 6.17. The Kier molecular flexibility index (Phi) is 15.5. The molecular formula is C44H56ClF8N7O7. The molecule has 372 valence electrons. The van der Waals surface area contributed by atoms with Gasteiger partial charge in [0.25, 0.3) is 5.92 Å². The van der Waals surface area contributed by atoms with E-state index in [4.69, 9.17) is 11.6 Å². The molecule has 5 aliphatic rings. The molecule has 1 aromatic carbocycles. The average Bonchev–Trinajstić information content (AvgIpc) is 3.89. The van der Waals surface area contributed by atoms with Gasteiger partial charge in [-0.15, -0.1) is 0 Å². The quantitative estimate of drug-likeness (QED) is 0.295. The molecule has 7 amide bonds. The second kappa shape index (κ2) is 20.1. The van der Waals surface area contributed by atoms with Crippen LogP contribution in [0.5, 0.6) is 0 Å². The molecule has 0 unspecified atom stereocenters. The second-order valence-electron chi connectivity index (χ2n) is 19.1. The number of likely N-dealkylation sites (tertiary alicyclic amines) is 1. The fourth-order valence-corrected chi connectivity index (χ4v) is 9.88. The standard InChI is InChI=1S/C44H56ClF8N7O7/c1-22(2)13-29-38(64)58(4)33(15-24-14-25(45)10-11-28(24)48)39(65)59-18-26(46)16-31(59)35(61)54-12-6-5-7-30(36(62)55-29)57(3)40(66)34(23-8-9-23)56-37(63)32-17-27(47)19-60(32)41(67)42(44(51,52)53)20-43(49,50)21-42/h10-11,14,22-23,26-27,29-34H,5-9,12-13,15-21H2,1-4H3,(H,54,61)(H,55,62)(H,56,63)/t26-,27-,29+,30+,31-,32+,33+,34+/m1/s1.